The molecular formula is C17H32ClFN3+3. The summed E-state index contributed by atoms with van der Waals surface area (Å²) in [5, 5.41) is 0.550. The van der Waals surface area contributed by atoms with Crippen LogP contribution in [0, 0.1) is 5.82 Å². The standard InChI is InChI=1S/C17H29ClFN3/c1-20(2)10-6-12-22(13-7-11-21(3)4)14-15-16(18)8-5-9-17(15)19/h5,8-9H,6-7,10-14H2,1-4H3/p+3. The molecule has 1 rings (SSSR count). The number of rotatable bonds is 10. The summed E-state index contributed by atoms with van der Waals surface area (Å²) < 4.78 is 14.0. The third-order valence-electron chi connectivity index (χ3n) is 3.90. The Hall–Kier alpha value is -0.680. The summed E-state index contributed by atoms with van der Waals surface area (Å²) in [6.45, 7) is 5.11. The van der Waals surface area contributed by atoms with Crippen LogP contribution in [0.15, 0.2) is 18.2 Å². The Kier molecular flexibility index (Phi) is 8.95. The van der Waals surface area contributed by atoms with Crippen molar-refractivity contribution in [3.8, 4) is 0 Å². The van der Waals surface area contributed by atoms with E-state index in [0.717, 1.165) is 39.0 Å². The summed E-state index contributed by atoms with van der Waals surface area (Å²) in [6.07, 6.45) is 2.30. The summed E-state index contributed by atoms with van der Waals surface area (Å²) in [6, 6.07) is 4.96. The molecule has 0 bridgehead atoms. The van der Waals surface area contributed by atoms with Crippen LogP contribution in [0.5, 0.6) is 0 Å². The predicted octanol–water partition coefficient (Wildman–Crippen LogP) is -1.07. The molecule has 22 heavy (non-hydrogen) atoms. The number of hydrogen-bond acceptors (Lipinski definition) is 0. The molecule has 3 nitrogen and oxygen atoms in total. The summed E-state index contributed by atoms with van der Waals surface area (Å²) in [4.78, 5) is 4.34. The normalized spacial score (nSPS) is 11.9. The van der Waals surface area contributed by atoms with E-state index in [2.05, 4.69) is 28.2 Å². The molecule has 0 atom stereocenters. The maximum Gasteiger partial charge on any atom is 0.133 e. The maximum atomic E-state index is 14.0. The van der Waals surface area contributed by atoms with Gasteiger partial charge in [-0.25, -0.2) is 4.39 Å². The molecule has 5 heteroatoms. The molecule has 0 spiro atoms. The number of halogens is 2. The number of quaternary nitrogens is 3. The first-order chi connectivity index (χ1) is 10.4. The van der Waals surface area contributed by atoms with Crippen LogP contribution in [-0.4, -0.2) is 54.4 Å². The molecular weight excluding hydrogens is 301 g/mol. The zero-order chi connectivity index (χ0) is 16.5. The van der Waals surface area contributed by atoms with Crippen molar-refractivity contribution in [2.45, 2.75) is 19.4 Å². The molecule has 0 amide bonds. The second kappa shape index (κ2) is 10.2. The molecule has 0 heterocycles. The molecule has 0 aliphatic heterocycles. The van der Waals surface area contributed by atoms with Crippen molar-refractivity contribution in [3.63, 3.8) is 0 Å². The van der Waals surface area contributed by atoms with Crippen molar-refractivity contribution in [2.24, 2.45) is 0 Å². The average molecular weight is 333 g/mol. The van der Waals surface area contributed by atoms with Crippen molar-refractivity contribution in [1.82, 2.24) is 0 Å². The predicted molar refractivity (Wildman–Crippen MR) is 90.4 cm³/mol. The van der Waals surface area contributed by atoms with E-state index in [9.17, 15) is 4.39 Å². The maximum absolute atomic E-state index is 14.0. The molecule has 3 N–H and O–H groups in total. The molecule has 1 aromatic carbocycles. The molecule has 0 saturated heterocycles. The van der Waals surface area contributed by atoms with Crippen LogP contribution in [0.4, 0.5) is 4.39 Å². The first-order valence-corrected chi connectivity index (χ1v) is 8.62. The minimum Gasteiger partial charge on any atom is -0.340 e. The Balaban J connectivity index is 2.63. The first kappa shape index (κ1) is 19.4. The summed E-state index contributed by atoms with van der Waals surface area (Å²) >= 11 is 6.18. The molecule has 126 valence electrons. The minimum absolute atomic E-state index is 0.179. The second-order valence-corrected chi connectivity index (χ2v) is 7.16. The van der Waals surface area contributed by atoms with Gasteiger partial charge in [0, 0.05) is 12.8 Å². The fourth-order valence-corrected chi connectivity index (χ4v) is 2.87. The number of hydrogen-bond donors (Lipinski definition) is 3. The van der Waals surface area contributed by atoms with E-state index in [-0.39, 0.29) is 5.82 Å². The highest BCUT2D eigenvalue weighted by atomic mass is 35.5. The van der Waals surface area contributed by atoms with Gasteiger partial charge in [0.25, 0.3) is 0 Å². The summed E-state index contributed by atoms with van der Waals surface area (Å²) in [7, 11) is 8.68. The van der Waals surface area contributed by atoms with E-state index < -0.39 is 0 Å². The molecule has 0 fully saturated rings. The zero-order valence-electron chi connectivity index (χ0n) is 14.4. The van der Waals surface area contributed by atoms with Gasteiger partial charge in [-0.05, 0) is 12.1 Å². The topological polar surface area (TPSA) is 13.3 Å². The van der Waals surface area contributed by atoms with Crippen LogP contribution in [0.3, 0.4) is 0 Å². The second-order valence-electron chi connectivity index (χ2n) is 6.75. The highest BCUT2D eigenvalue weighted by molar-refractivity contribution is 6.31. The Morgan fingerprint density at radius 3 is 1.91 bits per heavy atom. The highest BCUT2D eigenvalue weighted by Crippen LogP contribution is 2.17. The molecule has 0 aromatic heterocycles. The first-order valence-electron chi connectivity index (χ1n) is 8.24. The van der Waals surface area contributed by atoms with Crippen LogP contribution < -0.4 is 14.7 Å². The Morgan fingerprint density at radius 1 is 0.909 bits per heavy atom. The zero-order valence-corrected chi connectivity index (χ0v) is 15.2. The fraction of sp³-hybridized carbons (Fsp3) is 0.647. The largest absolute Gasteiger partial charge is 0.340 e. The van der Waals surface area contributed by atoms with Gasteiger partial charge >= 0.3 is 0 Å². The van der Waals surface area contributed by atoms with Crippen LogP contribution in [-0.2, 0) is 6.54 Å². The number of nitrogens with one attached hydrogen (secondary N) is 3. The molecule has 1 aromatic rings. The van der Waals surface area contributed by atoms with E-state index in [0.29, 0.717) is 17.1 Å². The van der Waals surface area contributed by atoms with E-state index in [1.54, 1.807) is 12.1 Å². The van der Waals surface area contributed by atoms with Crippen molar-refractivity contribution in [2.75, 3.05) is 54.4 Å². The lowest BCUT2D eigenvalue weighted by molar-refractivity contribution is -0.925. The smallest absolute Gasteiger partial charge is 0.133 e. The van der Waals surface area contributed by atoms with Crippen molar-refractivity contribution < 1.29 is 19.1 Å². The molecule has 0 aliphatic carbocycles. The van der Waals surface area contributed by atoms with Crippen molar-refractivity contribution in [1.29, 1.82) is 0 Å². The SMILES string of the molecule is C[NH+](C)CCC[NH+](CCC[NH+](C)C)Cc1c(F)cccc1Cl. The van der Waals surface area contributed by atoms with Gasteiger partial charge in [-0.15, -0.1) is 0 Å². The quantitative estimate of drug-likeness (QED) is 0.483. The monoisotopic (exact) mass is 332 g/mol. The van der Waals surface area contributed by atoms with E-state index in [1.165, 1.54) is 20.8 Å². The average Bonchev–Trinajstić information content (AvgIpc) is 2.41. The number of benzene rings is 1. The van der Waals surface area contributed by atoms with E-state index in [4.69, 9.17) is 11.6 Å². The van der Waals surface area contributed by atoms with Crippen molar-refractivity contribution in [3.05, 3.63) is 34.6 Å². The van der Waals surface area contributed by atoms with Crippen LogP contribution in [0.2, 0.25) is 5.02 Å². The summed E-state index contributed by atoms with van der Waals surface area (Å²) in [5.74, 6) is -0.179. The summed E-state index contributed by atoms with van der Waals surface area (Å²) in [5.41, 5.74) is 0.661. The van der Waals surface area contributed by atoms with E-state index >= 15 is 0 Å². The lowest BCUT2D eigenvalue weighted by Gasteiger charge is -2.21. The fourth-order valence-electron chi connectivity index (χ4n) is 2.64. The van der Waals surface area contributed by atoms with Gasteiger partial charge < -0.3 is 14.7 Å². The van der Waals surface area contributed by atoms with Gasteiger partial charge in [0.2, 0.25) is 0 Å². The Morgan fingerprint density at radius 2 is 1.45 bits per heavy atom. The van der Waals surface area contributed by atoms with Crippen LogP contribution in [0.25, 0.3) is 0 Å². The highest BCUT2D eigenvalue weighted by Gasteiger charge is 2.16. The molecule has 0 aliphatic rings. The molecule has 0 unspecified atom stereocenters. The lowest BCUT2D eigenvalue weighted by atomic mass is 10.2. The third-order valence-corrected chi connectivity index (χ3v) is 4.26. The third kappa shape index (κ3) is 7.54. The van der Waals surface area contributed by atoms with Gasteiger partial charge in [0.15, 0.2) is 0 Å². The molecule has 0 saturated carbocycles. The van der Waals surface area contributed by atoms with Gasteiger partial charge in [-0.1, -0.05) is 17.7 Å². The van der Waals surface area contributed by atoms with Crippen LogP contribution >= 0.6 is 11.6 Å². The van der Waals surface area contributed by atoms with Crippen molar-refractivity contribution >= 4 is 11.6 Å². The van der Waals surface area contributed by atoms with Gasteiger partial charge in [-0.2, -0.15) is 0 Å². The Bertz CT molecular complexity index is 404. The van der Waals surface area contributed by atoms with Gasteiger partial charge in [-0.3, -0.25) is 0 Å². The minimum atomic E-state index is -0.179. The Labute approximate surface area is 139 Å². The van der Waals surface area contributed by atoms with Gasteiger partial charge in [0.05, 0.1) is 65.0 Å². The van der Waals surface area contributed by atoms with Crippen LogP contribution in [0.1, 0.15) is 18.4 Å². The van der Waals surface area contributed by atoms with E-state index in [1.807, 2.05) is 0 Å². The van der Waals surface area contributed by atoms with Gasteiger partial charge in [0.1, 0.15) is 12.4 Å². The lowest BCUT2D eigenvalue weighted by Crippen LogP contribution is -3.13. The molecule has 0 radical (unpaired) electrons.